The zero-order valence-corrected chi connectivity index (χ0v) is 22.3. The second-order valence-electron chi connectivity index (χ2n) is 8.22. The van der Waals surface area contributed by atoms with Gasteiger partial charge in [-0.1, -0.05) is 0 Å². The molecule has 5 aromatic heterocycles. The molecule has 0 aliphatic heterocycles. The van der Waals surface area contributed by atoms with Crippen molar-refractivity contribution in [1.29, 1.82) is 0 Å². The van der Waals surface area contributed by atoms with Gasteiger partial charge in [0.2, 0.25) is 5.88 Å². The van der Waals surface area contributed by atoms with Crippen molar-refractivity contribution in [2.45, 2.75) is 6.92 Å². The molecule has 13 nitrogen and oxygen atoms in total. The van der Waals surface area contributed by atoms with Gasteiger partial charge in [0.05, 0.1) is 23.4 Å². The van der Waals surface area contributed by atoms with Crippen LogP contribution in [-0.4, -0.2) is 63.0 Å². The van der Waals surface area contributed by atoms with Crippen LogP contribution in [0, 0.1) is 0 Å². The molecule has 0 spiro atoms. The van der Waals surface area contributed by atoms with E-state index in [0.717, 1.165) is 5.56 Å². The lowest BCUT2D eigenvalue weighted by Crippen LogP contribution is -2.28. The number of aromatic nitrogens is 6. The highest BCUT2D eigenvalue weighted by Crippen LogP contribution is 2.38. The highest BCUT2D eigenvalue weighted by molar-refractivity contribution is 7.13. The standard InChI is InChI=1S/C26H24N8O5S/c1-3-28-25(35)32-21-10-18(19(13-30-21)15-9-16(12-27-11-15)22-33-34-26(36)39-22)24-31-20(14-40-24)17-5-4-6-29-23(17)38-8-7-37-2/h4-6,9-14H,3,7-8H2,1-2H3,(H,34,36)(H2,28,30,32,35). The van der Waals surface area contributed by atoms with Gasteiger partial charge >= 0.3 is 11.8 Å². The number of amides is 2. The van der Waals surface area contributed by atoms with E-state index < -0.39 is 5.76 Å². The fourth-order valence-corrected chi connectivity index (χ4v) is 4.60. The zero-order valence-electron chi connectivity index (χ0n) is 21.5. The van der Waals surface area contributed by atoms with E-state index in [2.05, 4.69) is 35.8 Å². The highest BCUT2D eigenvalue weighted by atomic mass is 32.1. The second-order valence-corrected chi connectivity index (χ2v) is 9.07. The lowest BCUT2D eigenvalue weighted by atomic mass is 10.0. The number of carbonyl (C=O) groups is 1. The molecule has 5 rings (SSSR count). The number of thiazole rings is 1. The third-order valence-corrected chi connectivity index (χ3v) is 6.40. The first-order valence-electron chi connectivity index (χ1n) is 12.1. The monoisotopic (exact) mass is 560 g/mol. The molecule has 0 unspecified atom stereocenters. The molecule has 3 N–H and O–H groups in total. The Morgan fingerprint density at radius 3 is 2.77 bits per heavy atom. The fourth-order valence-electron chi connectivity index (χ4n) is 3.75. The molecule has 2 amide bonds. The highest BCUT2D eigenvalue weighted by Gasteiger charge is 2.18. The number of methoxy groups -OCH3 is 1. The summed E-state index contributed by atoms with van der Waals surface area (Å²) >= 11 is 1.41. The summed E-state index contributed by atoms with van der Waals surface area (Å²) in [5, 5.41) is 14.1. The first kappa shape index (κ1) is 26.6. The quantitative estimate of drug-likeness (QED) is 0.213. The van der Waals surface area contributed by atoms with Gasteiger partial charge in [0, 0.05) is 60.5 Å². The summed E-state index contributed by atoms with van der Waals surface area (Å²) in [7, 11) is 1.60. The Morgan fingerprint density at radius 1 is 1.10 bits per heavy atom. The van der Waals surface area contributed by atoms with Gasteiger partial charge in [0.1, 0.15) is 17.4 Å². The van der Waals surface area contributed by atoms with Crippen molar-refractivity contribution >= 4 is 23.2 Å². The molecule has 0 aliphatic rings. The molecular weight excluding hydrogens is 536 g/mol. The molecular formula is C26H24N8O5S. The minimum absolute atomic E-state index is 0.109. The van der Waals surface area contributed by atoms with E-state index >= 15 is 0 Å². The number of rotatable bonds is 10. The van der Waals surface area contributed by atoms with Crippen LogP contribution in [0.5, 0.6) is 5.88 Å². The normalized spacial score (nSPS) is 10.8. The molecule has 204 valence electrons. The molecule has 0 saturated carbocycles. The van der Waals surface area contributed by atoms with E-state index in [1.54, 1.807) is 37.8 Å². The molecule has 0 aromatic carbocycles. The maximum Gasteiger partial charge on any atom is 0.434 e. The number of ether oxygens (including phenoxy) is 2. The van der Waals surface area contributed by atoms with Crippen LogP contribution in [0.25, 0.3) is 44.4 Å². The lowest BCUT2D eigenvalue weighted by molar-refractivity contribution is 0.144. The Kier molecular flexibility index (Phi) is 8.18. The molecule has 0 fully saturated rings. The van der Waals surface area contributed by atoms with Gasteiger partial charge in [-0.05, 0) is 31.2 Å². The summed E-state index contributed by atoms with van der Waals surface area (Å²) < 4.78 is 16.0. The van der Waals surface area contributed by atoms with Gasteiger partial charge in [-0.15, -0.1) is 16.4 Å². The minimum Gasteiger partial charge on any atom is -0.475 e. The predicted molar refractivity (Wildman–Crippen MR) is 148 cm³/mol. The van der Waals surface area contributed by atoms with Gasteiger partial charge in [-0.25, -0.2) is 29.6 Å². The van der Waals surface area contributed by atoms with Crippen LogP contribution in [0.3, 0.4) is 0 Å². The van der Waals surface area contributed by atoms with Crippen molar-refractivity contribution in [3.05, 3.63) is 65.0 Å². The maximum atomic E-state index is 12.2. The SMILES string of the molecule is CCNC(=O)Nc1cc(-c2nc(-c3cccnc3OCCOC)cs2)c(-c2cncc(-c3n[nH]c(=O)o3)c2)cn1. The molecule has 0 aliphatic carbocycles. The largest absolute Gasteiger partial charge is 0.475 e. The molecule has 0 saturated heterocycles. The first-order chi connectivity index (χ1) is 19.6. The van der Waals surface area contributed by atoms with Crippen molar-refractivity contribution in [2.24, 2.45) is 0 Å². The molecule has 0 bridgehead atoms. The van der Waals surface area contributed by atoms with E-state index in [1.165, 1.54) is 17.5 Å². The van der Waals surface area contributed by atoms with E-state index in [1.807, 2.05) is 24.4 Å². The second kappa shape index (κ2) is 12.3. The number of pyridine rings is 3. The number of nitrogens with zero attached hydrogens (tertiary/aromatic N) is 5. The van der Waals surface area contributed by atoms with Crippen molar-refractivity contribution in [3.63, 3.8) is 0 Å². The van der Waals surface area contributed by atoms with Gasteiger partial charge in [-0.2, -0.15) is 0 Å². The fraction of sp³-hybridized carbons (Fsp3) is 0.192. The predicted octanol–water partition coefficient (Wildman–Crippen LogP) is 3.84. The Labute approximate surface area is 231 Å². The number of nitrogens with one attached hydrogen (secondary N) is 3. The van der Waals surface area contributed by atoms with Gasteiger partial charge in [0.25, 0.3) is 5.89 Å². The van der Waals surface area contributed by atoms with Crippen molar-refractivity contribution in [3.8, 4) is 50.3 Å². The summed E-state index contributed by atoms with van der Waals surface area (Å²) in [6, 6.07) is 6.84. The molecule has 0 atom stereocenters. The van der Waals surface area contributed by atoms with E-state index in [-0.39, 0.29) is 11.9 Å². The Morgan fingerprint density at radius 2 is 1.98 bits per heavy atom. The topological polar surface area (TPSA) is 170 Å². The third kappa shape index (κ3) is 6.03. The molecule has 40 heavy (non-hydrogen) atoms. The summed E-state index contributed by atoms with van der Waals surface area (Å²) in [5.41, 5.74) is 3.97. The smallest absolute Gasteiger partial charge is 0.434 e. The van der Waals surface area contributed by atoms with Gasteiger partial charge < -0.3 is 19.2 Å². The molecule has 5 aromatic rings. The lowest BCUT2D eigenvalue weighted by Gasteiger charge is -2.11. The average Bonchev–Trinajstić information content (AvgIpc) is 3.63. The number of H-pyrrole nitrogens is 1. The zero-order chi connectivity index (χ0) is 27.9. The Balaban J connectivity index is 1.56. The Hall–Kier alpha value is -4.95. The first-order valence-corrected chi connectivity index (χ1v) is 13.0. The van der Waals surface area contributed by atoms with Crippen LogP contribution in [0.1, 0.15) is 6.92 Å². The molecule has 0 radical (unpaired) electrons. The van der Waals surface area contributed by atoms with Crippen LogP contribution in [0.4, 0.5) is 10.6 Å². The number of hydrogen-bond acceptors (Lipinski definition) is 11. The Bertz CT molecular complexity index is 1680. The summed E-state index contributed by atoms with van der Waals surface area (Å²) in [6.45, 7) is 3.06. The van der Waals surface area contributed by atoms with E-state index in [9.17, 15) is 9.59 Å². The van der Waals surface area contributed by atoms with E-state index in [4.69, 9.17) is 18.9 Å². The minimum atomic E-state index is -0.667. The molecule has 14 heteroatoms. The number of aromatic amines is 1. The number of hydrogen-bond donors (Lipinski definition) is 3. The van der Waals surface area contributed by atoms with Gasteiger partial charge in [0.15, 0.2) is 0 Å². The maximum absolute atomic E-state index is 12.2. The summed E-state index contributed by atoms with van der Waals surface area (Å²) in [5.74, 6) is 0.230. The van der Waals surface area contributed by atoms with Crippen molar-refractivity contribution in [1.82, 2.24) is 35.5 Å². The van der Waals surface area contributed by atoms with Crippen molar-refractivity contribution < 1.29 is 18.7 Å². The van der Waals surface area contributed by atoms with Crippen molar-refractivity contribution in [2.75, 3.05) is 32.2 Å². The van der Waals surface area contributed by atoms with Crippen LogP contribution in [0.15, 0.2) is 63.6 Å². The summed E-state index contributed by atoms with van der Waals surface area (Å²) in [6.07, 6.45) is 6.47. The van der Waals surface area contributed by atoms with Crippen LogP contribution in [0.2, 0.25) is 0 Å². The van der Waals surface area contributed by atoms with Crippen LogP contribution < -0.4 is 21.1 Å². The number of carbonyl (C=O) groups excluding carboxylic acids is 1. The number of urea groups is 1. The third-order valence-electron chi connectivity index (χ3n) is 5.53. The number of anilines is 1. The van der Waals surface area contributed by atoms with Crippen LogP contribution in [-0.2, 0) is 4.74 Å². The molecule has 5 heterocycles. The van der Waals surface area contributed by atoms with E-state index in [0.29, 0.717) is 64.4 Å². The van der Waals surface area contributed by atoms with Gasteiger partial charge in [-0.3, -0.25) is 10.3 Å². The van der Waals surface area contributed by atoms with Crippen LogP contribution >= 0.6 is 11.3 Å². The summed E-state index contributed by atoms with van der Waals surface area (Å²) in [4.78, 5) is 41.6. The average molecular weight is 561 g/mol.